The highest BCUT2D eigenvalue weighted by molar-refractivity contribution is 14.0. The molecule has 1 aromatic rings. The largest absolute Gasteiger partial charge is 0.357 e. The van der Waals surface area contributed by atoms with Gasteiger partial charge in [-0.3, -0.25) is 0 Å². The first-order chi connectivity index (χ1) is 8.36. The molecule has 0 spiro atoms. The number of benzene rings is 1. The molecular weight excluding hydrogens is 357 g/mol. The van der Waals surface area contributed by atoms with Gasteiger partial charge in [-0.05, 0) is 18.7 Å². The van der Waals surface area contributed by atoms with Crippen molar-refractivity contribution in [3.63, 3.8) is 0 Å². The first kappa shape index (κ1) is 17.6. The topological polar surface area (TPSA) is 36.4 Å². The van der Waals surface area contributed by atoms with Crippen LogP contribution in [0.25, 0.3) is 0 Å². The summed E-state index contributed by atoms with van der Waals surface area (Å²) in [4.78, 5) is 4.54. The maximum absolute atomic E-state index is 4.54. The molecule has 0 aliphatic carbocycles. The third kappa shape index (κ3) is 7.81. The Morgan fingerprint density at radius 1 is 1.22 bits per heavy atom. The Bertz CT molecular complexity index is 330. The van der Waals surface area contributed by atoms with Crippen LogP contribution in [0.3, 0.4) is 0 Å². The average Bonchev–Trinajstić information content (AvgIpc) is 2.37. The molecule has 0 aliphatic rings. The molecule has 0 bridgehead atoms. The van der Waals surface area contributed by atoms with Gasteiger partial charge in [-0.2, -0.15) is 11.8 Å². The van der Waals surface area contributed by atoms with Crippen LogP contribution in [0.4, 0.5) is 0 Å². The van der Waals surface area contributed by atoms with Crippen LogP contribution in [0.2, 0.25) is 0 Å². The number of rotatable bonds is 6. The molecule has 0 saturated heterocycles. The molecule has 1 rings (SSSR count). The van der Waals surface area contributed by atoms with Gasteiger partial charge in [0, 0.05) is 18.8 Å². The van der Waals surface area contributed by atoms with Crippen LogP contribution >= 0.6 is 35.7 Å². The summed E-state index contributed by atoms with van der Waals surface area (Å²) in [5.74, 6) is 1.99. The highest BCUT2D eigenvalue weighted by atomic mass is 127. The molecule has 0 radical (unpaired) electrons. The summed E-state index contributed by atoms with van der Waals surface area (Å²) in [6, 6.07) is 10.3. The minimum absolute atomic E-state index is 0. The fraction of sp³-hybridized carbons (Fsp3) is 0.462. The number of thioether (sulfide) groups is 1. The van der Waals surface area contributed by atoms with E-state index in [4.69, 9.17) is 0 Å². The second kappa shape index (κ2) is 11.6. The fourth-order valence-electron chi connectivity index (χ4n) is 1.37. The van der Waals surface area contributed by atoms with Crippen LogP contribution in [0.5, 0.6) is 0 Å². The predicted octanol–water partition coefficient (Wildman–Crippen LogP) is 2.72. The van der Waals surface area contributed by atoms with Crippen molar-refractivity contribution in [2.75, 3.05) is 25.1 Å². The Kier molecular flexibility index (Phi) is 11.4. The van der Waals surface area contributed by atoms with Gasteiger partial charge >= 0.3 is 0 Å². The lowest BCUT2D eigenvalue weighted by Crippen LogP contribution is -2.38. The Morgan fingerprint density at radius 3 is 2.56 bits per heavy atom. The van der Waals surface area contributed by atoms with Gasteiger partial charge in [0.2, 0.25) is 0 Å². The monoisotopic (exact) mass is 379 g/mol. The maximum atomic E-state index is 4.54. The SMILES string of the molecule is CCNC(=NCc1ccccc1)NCCSC.I. The third-order valence-corrected chi connectivity index (χ3v) is 2.82. The van der Waals surface area contributed by atoms with Crippen molar-refractivity contribution >= 4 is 41.7 Å². The minimum atomic E-state index is 0. The summed E-state index contributed by atoms with van der Waals surface area (Å²) in [6.07, 6.45) is 2.11. The van der Waals surface area contributed by atoms with Crippen molar-refractivity contribution in [1.82, 2.24) is 10.6 Å². The molecular formula is C13H22IN3S. The van der Waals surface area contributed by atoms with Gasteiger partial charge in [0.15, 0.2) is 5.96 Å². The van der Waals surface area contributed by atoms with Crippen LogP contribution in [0, 0.1) is 0 Å². The zero-order valence-electron chi connectivity index (χ0n) is 11.0. The summed E-state index contributed by atoms with van der Waals surface area (Å²) >= 11 is 1.83. The summed E-state index contributed by atoms with van der Waals surface area (Å²) < 4.78 is 0. The lowest BCUT2D eigenvalue weighted by Gasteiger charge is -2.10. The smallest absolute Gasteiger partial charge is 0.191 e. The van der Waals surface area contributed by atoms with Crippen LogP contribution in [0.1, 0.15) is 12.5 Å². The number of hydrogen-bond acceptors (Lipinski definition) is 2. The van der Waals surface area contributed by atoms with E-state index in [1.54, 1.807) is 0 Å². The Labute approximate surface area is 131 Å². The second-order valence-corrected chi connectivity index (χ2v) is 4.59. The van der Waals surface area contributed by atoms with Crippen LogP contribution in [-0.4, -0.2) is 31.1 Å². The first-order valence-electron chi connectivity index (χ1n) is 5.92. The van der Waals surface area contributed by atoms with Gasteiger partial charge in [0.05, 0.1) is 6.54 Å². The quantitative estimate of drug-likeness (QED) is 0.345. The summed E-state index contributed by atoms with van der Waals surface area (Å²) in [5.41, 5.74) is 1.23. The zero-order chi connectivity index (χ0) is 12.3. The fourth-order valence-corrected chi connectivity index (χ4v) is 1.67. The minimum Gasteiger partial charge on any atom is -0.357 e. The number of hydrogen-bond donors (Lipinski definition) is 2. The van der Waals surface area contributed by atoms with Crippen molar-refractivity contribution < 1.29 is 0 Å². The maximum Gasteiger partial charge on any atom is 0.191 e. The van der Waals surface area contributed by atoms with Crippen LogP contribution in [-0.2, 0) is 6.54 Å². The van der Waals surface area contributed by atoms with E-state index in [-0.39, 0.29) is 24.0 Å². The molecule has 0 heterocycles. The molecule has 0 amide bonds. The van der Waals surface area contributed by atoms with Gasteiger partial charge in [0.25, 0.3) is 0 Å². The number of guanidine groups is 1. The average molecular weight is 379 g/mol. The molecule has 5 heteroatoms. The van der Waals surface area contributed by atoms with Gasteiger partial charge in [0.1, 0.15) is 0 Å². The van der Waals surface area contributed by atoms with Gasteiger partial charge in [-0.25, -0.2) is 4.99 Å². The molecule has 0 unspecified atom stereocenters. The van der Waals surface area contributed by atoms with Crippen LogP contribution in [0.15, 0.2) is 35.3 Å². The van der Waals surface area contributed by atoms with E-state index in [1.165, 1.54) is 5.56 Å². The van der Waals surface area contributed by atoms with Crippen LogP contribution < -0.4 is 10.6 Å². The molecule has 1 aromatic carbocycles. The first-order valence-corrected chi connectivity index (χ1v) is 7.31. The van der Waals surface area contributed by atoms with E-state index in [0.717, 1.165) is 31.3 Å². The Hall–Kier alpha value is -0.430. The molecule has 0 saturated carbocycles. The normalized spacial score (nSPS) is 10.7. The van der Waals surface area contributed by atoms with E-state index in [2.05, 4.69) is 40.9 Å². The highest BCUT2D eigenvalue weighted by Gasteiger charge is 1.96. The predicted molar refractivity (Wildman–Crippen MR) is 93.1 cm³/mol. The standard InChI is InChI=1S/C13H21N3S.HI/c1-3-14-13(15-9-10-17-2)16-11-12-7-5-4-6-8-12;/h4-8H,3,9-11H2,1-2H3,(H2,14,15,16);1H. The van der Waals surface area contributed by atoms with Gasteiger partial charge in [-0.1, -0.05) is 30.3 Å². The summed E-state index contributed by atoms with van der Waals surface area (Å²) in [5, 5.41) is 6.55. The van der Waals surface area contributed by atoms with Crippen molar-refractivity contribution in [2.24, 2.45) is 4.99 Å². The van der Waals surface area contributed by atoms with Gasteiger partial charge in [-0.15, -0.1) is 24.0 Å². The van der Waals surface area contributed by atoms with Crippen molar-refractivity contribution in [3.8, 4) is 0 Å². The summed E-state index contributed by atoms with van der Waals surface area (Å²) in [7, 11) is 0. The Morgan fingerprint density at radius 2 is 1.94 bits per heavy atom. The molecule has 0 aromatic heterocycles. The molecule has 18 heavy (non-hydrogen) atoms. The lowest BCUT2D eigenvalue weighted by atomic mass is 10.2. The van der Waals surface area contributed by atoms with Crippen molar-refractivity contribution in [3.05, 3.63) is 35.9 Å². The third-order valence-electron chi connectivity index (χ3n) is 2.21. The van der Waals surface area contributed by atoms with E-state index < -0.39 is 0 Å². The second-order valence-electron chi connectivity index (χ2n) is 3.60. The molecule has 0 fully saturated rings. The lowest BCUT2D eigenvalue weighted by molar-refractivity contribution is 0.843. The number of nitrogens with zero attached hydrogens (tertiary/aromatic N) is 1. The molecule has 2 N–H and O–H groups in total. The molecule has 0 atom stereocenters. The van der Waals surface area contributed by atoms with Crippen molar-refractivity contribution in [1.29, 1.82) is 0 Å². The number of aliphatic imine (C=N–C) groups is 1. The zero-order valence-corrected chi connectivity index (χ0v) is 14.1. The van der Waals surface area contributed by atoms with E-state index in [9.17, 15) is 0 Å². The van der Waals surface area contributed by atoms with E-state index >= 15 is 0 Å². The molecule has 0 aliphatic heterocycles. The van der Waals surface area contributed by atoms with E-state index in [0.29, 0.717) is 0 Å². The number of halogens is 1. The summed E-state index contributed by atoms with van der Waals surface area (Å²) in [6.45, 7) is 4.63. The number of nitrogens with one attached hydrogen (secondary N) is 2. The molecule has 102 valence electrons. The van der Waals surface area contributed by atoms with Crippen molar-refractivity contribution in [2.45, 2.75) is 13.5 Å². The van der Waals surface area contributed by atoms with Gasteiger partial charge < -0.3 is 10.6 Å². The molecule has 3 nitrogen and oxygen atoms in total. The highest BCUT2D eigenvalue weighted by Crippen LogP contribution is 1.99. The Balaban J connectivity index is 0.00000289. The van der Waals surface area contributed by atoms with E-state index in [1.807, 2.05) is 30.0 Å².